The molecule has 0 aliphatic carbocycles. The van der Waals surface area contributed by atoms with Gasteiger partial charge in [-0.3, -0.25) is 4.90 Å². The molecular formula is C11H12Cl6N6S2. The first kappa shape index (κ1) is 21.9. The van der Waals surface area contributed by atoms with Crippen LogP contribution in [-0.4, -0.2) is 50.8 Å². The van der Waals surface area contributed by atoms with Crippen molar-refractivity contribution in [1.82, 2.24) is 23.6 Å². The number of halogens is 6. The van der Waals surface area contributed by atoms with Crippen LogP contribution < -0.4 is 4.90 Å². The van der Waals surface area contributed by atoms with Gasteiger partial charge in [-0.25, -0.2) is 0 Å². The maximum absolute atomic E-state index is 5.84. The van der Waals surface area contributed by atoms with Gasteiger partial charge in [0.2, 0.25) is 10.3 Å². The minimum atomic E-state index is -1.70. The normalized spacial score (nSPS) is 12.8. The molecule has 2 rings (SSSR count). The summed E-state index contributed by atoms with van der Waals surface area (Å²) >= 11 is 37.2. The first-order chi connectivity index (χ1) is 11.5. The monoisotopic (exact) mass is 502 g/mol. The second-order valence-corrected chi connectivity index (χ2v) is 11.1. The summed E-state index contributed by atoms with van der Waals surface area (Å²) < 4.78 is 4.79. The van der Waals surface area contributed by atoms with Crippen molar-refractivity contribution in [2.45, 2.75) is 14.0 Å². The van der Waals surface area contributed by atoms with E-state index in [0.29, 0.717) is 16.8 Å². The van der Waals surface area contributed by atoms with Gasteiger partial charge in [0, 0.05) is 29.6 Å². The zero-order valence-corrected chi connectivity index (χ0v) is 19.1. The van der Waals surface area contributed by atoms with Gasteiger partial charge in [-0.2, -0.15) is 18.7 Å². The van der Waals surface area contributed by atoms with Gasteiger partial charge in [0.25, 0.3) is 7.59 Å². The molecule has 0 aliphatic rings. The van der Waals surface area contributed by atoms with E-state index in [1.165, 1.54) is 0 Å². The van der Waals surface area contributed by atoms with Gasteiger partial charge in [-0.15, -0.1) is 0 Å². The fourth-order valence-electron chi connectivity index (χ4n) is 1.70. The van der Waals surface area contributed by atoms with Gasteiger partial charge in [0.15, 0.2) is 11.6 Å². The highest BCUT2D eigenvalue weighted by atomic mass is 35.6. The molecule has 2 heterocycles. The van der Waals surface area contributed by atoms with E-state index >= 15 is 0 Å². The minimum absolute atomic E-state index is 0.0984. The van der Waals surface area contributed by atoms with Gasteiger partial charge in [0.05, 0.1) is 0 Å². The molecule has 0 N–H and O–H groups in total. The Kier molecular flexibility index (Phi) is 7.67. The van der Waals surface area contributed by atoms with Gasteiger partial charge in [-0.05, 0) is 27.1 Å². The Bertz CT molecular complexity index is 642. The van der Waals surface area contributed by atoms with Crippen LogP contribution >= 0.6 is 92.7 Å². The fourth-order valence-corrected chi connectivity index (χ4v) is 4.06. The van der Waals surface area contributed by atoms with Crippen molar-refractivity contribution in [3.8, 4) is 0 Å². The topological polar surface area (TPSA) is 58.0 Å². The molecule has 6 nitrogen and oxygen atoms in total. The second kappa shape index (κ2) is 8.75. The molecule has 0 spiro atoms. The minimum Gasteiger partial charge on any atom is -0.309 e. The number of nitrogens with zero attached hydrogens (tertiary/aromatic N) is 6. The lowest BCUT2D eigenvalue weighted by molar-refractivity contribution is 0.402. The van der Waals surface area contributed by atoms with E-state index in [1.54, 1.807) is 0 Å². The SMILES string of the molecule is CN(C)CCCN(c1nc(C(Cl)(Cl)Cl)ns1)c1nc(C(Cl)(Cl)Cl)ns1. The Hall–Kier alpha value is 0.620. The number of anilines is 2. The first-order valence-corrected chi connectivity index (χ1v) is 10.5. The van der Waals surface area contributed by atoms with Crippen LogP contribution in [0.15, 0.2) is 0 Å². The molecule has 2 aromatic heterocycles. The Morgan fingerprint density at radius 3 is 1.56 bits per heavy atom. The van der Waals surface area contributed by atoms with Crippen LogP contribution in [0.5, 0.6) is 0 Å². The Labute approximate surface area is 183 Å². The third-order valence-corrected chi connectivity index (χ3v) is 5.28. The van der Waals surface area contributed by atoms with Crippen LogP contribution in [0, 0.1) is 0 Å². The summed E-state index contributed by atoms with van der Waals surface area (Å²) in [4.78, 5) is 12.5. The molecule has 25 heavy (non-hydrogen) atoms. The molecule has 0 unspecified atom stereocenters. The predicted molar refractivity (Wildman–Crippen MR) is 108 cm³/mol. The van der Waals surface area contributed by atoms with Crippen molar-refractivity contribution in [2.24, 2.45) is 0 Å². The standard InChI is InChI=1S/C11H12Cl6N6S2/c1-22(2)4-3-5-23(8-18-6(20-24-8)10(12,13)14)9-19-7(21-25-9)11(15,16)17/h3-5H2,1-2H3. The van der Waals surface area contributed by atoms with Crippen molar-refractivity contribution in [1.29, 1.82) is 0 Å². The summed E-state index contributed by atoms with van der Waals surface area (Å²) in [6, 6.07) is 0. The predicted octanol–water partition coefficient (Wildman–Crippen LogP) is 5.13. The average Bonchev–Trinajstić information content (AvgIpc) is 3.11. The van der Waals surface area contributed by atoms with Crippen molar-refractivity contribution >= 4 is 103 Å². The van der Waals surface area contributed by atoms with Crippen LogP contribution in [0.2, 0.25) is 0 Å². The van der Waals surface area contributed by atoms with Crippen LogP contribution in [0.25, 0.3) is 0 Å². The van der Waals surface area contributed by atoms with E-state index in [9.17, 15) is 0 Å². The van der Waals surface area contributed by atoms with Crippen molar-refractivity contribution in [3.63, 3.8) is 0 Å². The molecule has 14 heteroatoms. The molecule has 0 saturated carbocycles. The largest absolute Gasteiger partial charge is 0.309 e. The van der Waals surface area contributed by atoms with E-state index in [4.69, 9.17) is 69.6 Å². The lowest BCUT2D eigenvalue weighted by Crippen LogP contribution is -2.23. The maximum Gasteiger partial charge on any atom is 0.251 e. The summed E-state index contributed by atoms with van der Waals surface area (Å²) in [7, 11) is 3.98. The van der Waals surface area contributed by atoms with Gasteiger partial charge < -0.3 is 4.90 Å². The number of hydrogen-bond donors (Lipinski definition) is 0. The van der Waals surface area contributed by atoms with E-state index in [1.807, 2.05) is 19.0 Å². The molecule has 140 valence electrons. The molecule has 0 saturated heterocycles. The third kappa shape index (κ3) is 6.33. The van der Waals surface area contributed by atoms with E-state index in [-0.39, 0.29) is 11.6 Å². The summed E-state index contributed by atoms with van der Waals surface area (Å²) in [6.45, 7) is 1.46. The lowest BCUT2D eigenvalue weighted by Gasteiger charge is -2.19. The zero-order valence-electron chi connectivity index (χ0n) is 12.9. The first-order valence-electron chi connectivity index (χ1n) is 6.72. The molecular weight excluding hydrogens is 493 g/mol. The van der Waals surface area contributed by atoms with Gasteiger partial charge >= 0.3 is 0 Å². The Balaban J connectivity index is 2.30. The van der Waals surface area contributed by atoms with E-state index < -0.39 is 7.59 Å². The quantitative estimate of drug-likeness (QED) is 0.508. The fraction of sp³-hybridized carbons (Fsp3) is 0.636. The Morgan fingerprint density at radius 1 is 0.800 bits per heavy atom. The molecule has 0 fully saturated rings. The number of aromatic nitrogens is 4. The number of alkyl halides is 6. The van der Waals surface area contributed by atoms with E-state index in [0.717, 1.165) is 36.0 Å². The van der Waals surface area contributed by atoms with Crippen molar-refractivity contribution in [2.75, 3.05) is 32.1 Å². The zero-order chi connectivity index (χ0) is 18.8. The molecule has 0 atom stereocenters. The summed E-state index contributed by atoms with van der Waals surface area (Å²) in [6.07, 6.45) is 0.832. The van der Waals surface area contributed by atoms with Gasteiger partial charge in [0.1, 0.15) is 0 Å². The molecule has 0 aliphatic heterocycles. The third-order valence-electron chi connectivity index (χ3n) is 2.79. The highest BCUT2D eigenvalue weighted by Crippen LogP contribution is 2.41. The smallest absolute Gasteiger partial charge is 0.251 e. The van der Waals surface area contributed by atoms with Crippen molar-refractivity contribution in [3.05, 3.63) is 11.6 Å². The molecule has 0 bridgehead atoms. The second-order valence-electron chi connectivity index (χ2n) is 5.11. The highest BCUT2D eigenvalue weighted by Gasteiger charge is 2.32. The lowest BCUT2D eigenvalue weighted by atomic mass is 10.4. The van der Waals surface area contributed by atoms with Crippen LogP contribution in [0.4, 0.5) is 10.3 Å². The average molecular weight is 505 g/mol. The molecule has 0 amide bonds. The van der Waals surface area contributed by atoms with Crippen LogP contribution in [0.1, 0.15) is 18.1 Å². The highest BCUT2D eigenvalue weighted by molar-refractivity contribution is 7.12. The van der Waals surface area contributed by atoms with E-state index in [2.05, 4.69) is 23.6 Å². The molecule has 2 aromatic rings. The van der Waals surface area contributed by atoms with Crippen molar-refractivity contribution < 1.29 is 0 Å². The van der Waals surface area contributed by atoms with Crippen LogP contribution in [-0.2, 0) is 7.59 Å². The van der Waals surface area contributed by atoms with Crippen LogP contribution in [0.3, 0.4) is 0 Å². The summed E-state index contributed by atoms with van der Waals surface area (Å²) in [5.41, 5.74) is 0. The molecule has 0 radical (unpaired) electrons. The summed E-state index contributed by atoms with van der Waals surface area (Å²) in [5.74, 6) is 0.197. The van der Waals surface area contributed by atoms with Gasteiger partial charge in [-0.1, -0.05) is 69.6 Å². The number of rotatable bonds is 6. The maximum atomic E-state index is 5.84. The Morgan fingerprint density at radius 2 is 1.24 bits per heavy atom. The summed E-state index contributed by atoms with van der Waals surface area (Å²) in [5, 5.41) is 1.04. The molecule has 0 aromatic carbocycles. The number of hydrogen-bond acceptors (Lipinski definition) is 8.